The summed E-state index contributed by atoms with van der Waals surface area (Å²) in [7, 11) is 2.32. The van der Waals surface area contributed by atoms with Gasteiger partial charge in [0, 0.05) is 19.1 Å². The first-order chi connectivity index (χ1) is 8.05. The average Bonchev–Trinajstić information content (AvgIpc) is 2.54. The van der Waals surface area contributed by atoms with E-state index in [9.17, 15) is 0 Å². The van der Waals surface area contributed by atoms with E-state index >= 15 is 0 Å². The third kappa shape index (κ3) is 5.87. The Hall–Kier alpha value is -0.0800. The first kappa shape index (κ1) is 15.0. The van der Waals surface area contributed by atoms with Crippen molar-refractivity contribution in [3.63, 3.8) is 0 Å². The molecule has 2 nitrogen and oxygen atoms in total. The fourth-order valence-corrected chi connectivity index (χ4v) is 3.02. The van der Waals surface area contributed by atoms with Crippen molar-refractivity contribution in [1.29, 1.82) is 0 Å². The highest BCUT2D eigenvalue weighted by atomic mass is 15.1. The molecule has 102 valence electrons. The lowest BCUT2D eigenvalue weighted by atomic mass is 9.91. The topological polar surface area (TPSA) is 15.3 Å². The van der Waals surface area contributed by atoms with Crippen molar-refractivity contribution in [2.45, 2.75) is 65.3 Å². The molecule has 1 saturated carbocycles. The highest BCUT2D eigenvalue weighted by molar-refractivity contribution is 4.80. The van der Waals surface area contributed by atoms with E-state index in [-0.39, 0.29) is 0 Å². The zero-order valence-corrected chi connectivity index (χ0v) is 12.4. The first-order valence-corrected chi connectivity index (χ1v) is 7.46. The summed E-state index contributed by atoms with van der Waals surface area (Å²) in [5, 5.41) is 3.48. The molecular formula is C15H32N2. The molecule has 1 aliphatic rings. The maximum atomic E-state index is 3.48. The molecule has 17 heavy (non-hydrogen) atoms. The minimum Gasteiger partial charge on any atom is -0.316 e. The maximum Gasteiger partial charge on any atom is 0.00924 e. The summed E-state index contributed by atoms with van der Waals surface area (Å²) in [6.07, 6.45) is 8.59. The summed E-state index contributed by atoms with van der Waals surface area (Å²) in [6, 6.07) is 0.832. The van der Waals surface area contributed by atoms with E-state index in [1.54, 1.807) is 0 Å². The van der Waals surface area contributed by atoms with Crippen LogP contribution >= 0.6 is 0 Å². The van der Waals surface area contributed by atoms with Gasteiger partial charge >= 0.3 is 0 Å². The average molecular weight is 240 g/mol. The number of nitrogens with one attached hydrogen (secondary N) is 1. The quantitative estimate of drug-likeness (QED) is 0.717. The van der Waals surface area contributed by atoms with Gasteiger partial charge in [-0.15, -0.1) is 0 Å². The minimum absolute atomic E-state index is 0.386. The molecule has 0 unspecified atom stereocenters. The largest absolute Gasteiger partial charge is 0.316 e. The molecule has 0 heterocycles. The second-order valence-corrected chi connectivity index (χ2v) is 6.51. The predicted molar refractivity (Wildman–Crippen MR) is 76.4 cm³/mol. The molecule has 0 bridgehead atoms. The van der Waals surface area contributed by atoms with Crippen LogP contribution in [0, 0.1) is 5.41 Å². The van der Waals surface area contributed by atoms with Gasteiger partial charge in [0.2, 0.25) is 0 Å². The number of hydrogen-bond acceptors (Lipinski definition) is 2. The molecule has 0 aromatic heterocycles. The van der Waals surface area contributed by atoms with Gasteiger partial charge in [0.1, 0.15) is 0 Å². The Kier molecular flexibility index (Phi) is 6.50. The van der Waals surface area contributed by atoms with Crippen molar-refractivity contribution in [2.24, 2.45) is 5.41 Å². The zero-order valence-electron chi connectivity index (χ0n) is 12.4. The van der Waals surface area contributed by atoms with Crippen molar-refractivity contribution in [3.8, 4) is 0 Å². The molecule has 0 aliphatic heterocycles. The molecule has 1 aliphatic carbocycles. The van der Waals surface area contributed by atoms with Gasteiger partial charge in [0.05, 0.1) is 0 Å². The van der Waals surface area contributed by atoms with Gasteiger partial charge in [-0.3, -0.25) is 0 Å². The summed E-state index contributed by atoms with van der Waals surface area (Å²) in [5.74, 6) is 0. The number of nitrogens with zero attached hydrogens (tertiary/aromatic N) is 1. The second-order valence-electron chi connectivity index (χ2n) is 6.51. The Balaban J connectivity index is 2.37. The number of hydrogen-bond donors (Lipinski definition) is 1. The summed E-state index contributed by atoms with van der Waals surface area (Å²) >= 11 is 0. The highest BCUT2D eigenvalue weighted by Gasteiger charge is 2.24. The Morgan fingerprint density at radius 3 is 2.24 bits per heavy atom. The smallest absolute Gasteiger partial charge is 0.00924 e. The molecule has 0 radical (unpaired) electrons. The minimum atomic E-state index is 0.386. The molecule has 1 N–H and O–H groups in total. The molecule has 0 atom stereocenters. The Labute approximate surface area is 108 Å². The SMILES string of the molecule is CCNCC(C)(C)CN(C)C1CCCCCC1. The van der Waals surface area contributed by atoms with Crippen LogP contribution in [0.15, 0.2) is 0 Å². The van der Waals surface area contributed by atoms with Gasteiger partial charge in [-0.05, 0) is 31.8 Å². The van der Waals surface area contributed by atoms with Crippen LogP contribution in [-0.4, -0.2) is 37.6 Å². The van der Waals surface area contributed by atoms with Crippen molar-refractivity contribution in [3.05, 3.63) is 0 Å². The van der Waals surface area contributed by atoms with Crippen LogP contribution in [0.5, 0.6) is 0 Å². The van der Waals surface area contributed by atoms with Crippen LogP contribution in [-0.2, 0) is 0 Å². The molecule has 0 spiro atoms. The van der Waals surface area contributed by atoms with Crippen molar-refractivity contribution in [1.82, 2.24) is 10.2 Å². The normalized spacial score (nSPS) is 19.6. The lowest BCUT2D eigenvalue weighted by Gasteiger charge is -2.35. The lowest BCUT2D eigenvalue weighted by Crippen LogP contribution is -2.43. The van der Waals surface area contributed by atoms with E-state index in [2.05, 4.69) is 38.0 Å². The molecule has 0 saturated heterocycles. The van der Waals surface area contributed by atoms with E-state index in [1.807, 2.05) is 0 Å². The van der Waals surface area contributed by atoms with Gasteiger partial charge < -0.3 is 10.2 Å². The van der Waals surface area contributed by atoms with Crippen molar-refractivity contribution in [2.75, 3.05) is 26.7 Å². The van der Waals surface area contributed by atoms with Gasteiger partial charge in [0.25, 0.3) is 0 Å². The lowest BCUT2D eigenvalue weighted by molar-refractivity contribution is 0.146. The predicted octanol–water partition coefficient (Wildman–Crippen LogP) is 3.28. The summed E-state index contributed by atoms with van der Waals surface area (Å²) in [4.78, 5) is 2.61. The monoisotopic (exact) mass is 240 g/mol. The van der Waals surface area contributed by atoms with Crippen LogP contribution in [0.2, 0.25) is 0 Å². The van der Waals surface area contributed by atoms with Crippen LogP contribution in [0.3, 0.4) is 0 Å². The highest BCUT2D eigenvalue weighted by Crippen LogP contribution is 2.24. The Morgan fingerprint density at radius 2 is 1.71 bits per heavy atom. The molecule has 1 fully saturated rings. The first-order valence-electron chi connectivity index (χ1n) is 7.46. The standard InChI is InChI=1S/C15H32N2/c1-5-16-12-15(2,3)13-17(4)14-10-8-6-7-9-11-14/h14,16H,5-13H2,1-4H3. The summed E-state index contributed by atoms with van der Waals surface area (Å²) in [6.45, 7) is 10.4. The van der Waals surface area contributed by atoms with Crippen LogP contribution in [0.25, 0.3) is 0 Å². The van der Waals surface area contributed by atoms with E-state index < -0.39 is 0 Å². The van der Waals surface area contributed by atoms with Crippen LogP contribution < -0.4 is 5.32 Å². The number of rotatable bonds is 6. The van der Waals surface area contributed by atoms with E-state index in [0.717, 1.165) is 19.1 Å². The molecule has 0 aromatic carbocycles. The zero-order chi connectivity index (χ0) is 12.7. The van der Waals surface area contributed by atoms with E-state index in [4.69, 9.17) is 0 Å². The molecular weight excluding hydrogens is 208 g/mol. The second kappa shape index (κ2) is 7.38. The van der Waals surface area contributed by atoms with Gasteiger partial charge in [-0.1, -0.05) is 46.5 Å². The van der Waals surface area contributed by atoms with Crippen molar-refractivity contribution >= 4 is 0 Å². The Bertz CT molecular complexity index is 193. The van der Waals surface area contributed by atoms with E-state index in [1.165, 1.54) is 45.1 Å². The Morgan fingerprint density at radius 1 is 1.12 bits per heavy atom. The van der Waals surface area contributed by atoms with E-state index in [0.29, 0.717) is 5.41 Å². The maximum absolute atomic E-state index is 3.48. The van der Waals surface area contributed by atoms with Crippen molar-refractivity contribution < 1.29 is 0 Å². The third-order valence-electron chi connectivity index (χ3n) is 3.98. The van der Waals surface area contributed by atoms with Gasteiger partial charge in [-0.25, -0.2) is 0 Å². The fourth-order valence-electron chi connectivity index (χ4n) is 3.02. The molecule has 2 heteroatoms. The third-order valence-corrected chi connectivity index (χ3v) is 3.98. The fraction of sp³-hybridized carbons (Fsp3) is 1.00. The van der Waals surface area contributed by atoms with Crippen LogP contribution in [0.4, 0.5) is 0 Å². The summed E-state index contributed by atoms with van der Waals surface area (Å²) in [5.41, 5.74) is 0.386. The van der Waals surface area contributed by atoms with Crippen LogP contribution in [0.1, 0.15) is 59.3 Å². The summed E-state index contributed by atoms with van der Waals surface area (Å²) < 4.78 is 0. The van der Waals surface area contributed by atoms with Gasteiger partial charge in [-0.2, -0.15) is 0 Å². The van der Waals surface area contributed by atoms with Gasteiger partial charge in [0.15, 0.2) is 0 Å². The molecule has 1 rings (SSSR count). The molecule has 0 amide bonds. The molecule has 0 aromatic rings.